The molecule has 50 valence electrons. The zero-order valence-electron chi connectivity index (χ0n) is 4.87. The van der Waals surface area contributed by atoms with E-state index < -0.39 is 0 Å². The summed E-state index contributed by atoms with van der Waals surface area (Å²) < 4.78 is 4.83. The molecule has 0 saturated carbocycles. The van der Waals surface area contributed by atoms with Gasteiger partial charge in [-0.2, -0.15) is 0 Å². The Kier molecular flexibility index (Phi) is 4.02. The molecule has 0 heterocycles. The van der Waals surface area contributed by atoms with Crippen molar-refractivity contribution in [2.45, 2.75) is 0 Å². The molecule has 1 atom stereocenters. The van der Waals surface area contributed by atoms with Gasteiger partial charge in [0.05, 0.1) is 9.47 Å². The van der Waals surface area contributed by atoms with Crippen LogP contribution >= 0.6 is 9.47 Å². The van der Waals surface area contributed by atoms with Crippen LogP contribution in [-0.2, 0) is 0 Å². The van der Waals surface area contributed by atoms with Gasteiger partial charge in [-0.25, -0.2) is 0 Å². The third-order valence-electron chi connectivity index (χ3n) is 0.879. The van der Waals surface area contributed by atoms with Crippen molar-refractivity contribution in [1.82, 2.24) is 0 Å². The molecule has 0 radical (unpaired) electrons. The van der Waals surface area contributed by atoms with Crippen LogP contribution in [0.3, 0.4) is 0 Å². The molecule has 1 unspecified atom stereocenters. The van der Waals surface area contributed by atoms with E-state index in [4.69, 9.17) is 4.52 Å². The lowest BCUT2D eigenvalue weighted by molar-refractivity contribution is 0.646. The van der Waals surface area contributed by atoms with Gasteiger partial charge >= 0.3 is 0 Å². The lowest BCUT2D eigenvalue weighted by Gasteiger charge is -1.93. The first-order valence-corrected chi connectivity index (χ1v) is 2.82. The fourth-order valence-electron chi connectivity index (χ4n) is 0.499. The summed E-state index contributed by atoms with van der Waals surface area (Å²) in [7, 11) is 2.19. The molecule has 2 nitrogen and oxygen atoms in total. The molecule has 2 N–H and O–H groups in total. The summed E-state index contributed by atoms with van der Waals surface area (Å²) >= 11 is 0. The van der Waals surface area contributed by atoms with Gasteiger partial charge in [0.2, 0.25) is 0 Å². The highest BCUT2D eigenvalue weighted by atomic mass is 31.0. The smallest absolute Gasteiger partial charge is 0.122 e. The summed E-state index contributed by atoms with van der Waals surface area (Å²) in [5.74, 6) is 0.873. The highest BCUT2D eigenvalue weighted by Crippen LogP contribution is 2.09. The van der Waals surface area contributed by atoms with Crippen LogP contribution in [-0.4, -0.2) is 5.48 Å². The molecule has 1 aromatic rings. The van der Waals surface area contributed by atoms with Gasteiger partial charge in [-0.05, 0) is 12.1 Å². The average Bonchev–Trinajstić information content (AvgIpc) is 1.90. The highest BCUT2D eigenvalue weighted by molar-refractivity contribution is 7.10. The molecule has 9 heavy (non-hydrogen) atoms. The van der Waals surface area contributed by atoms with Gasteiger partial charge in [-0.15, -0.1) is 0 Å². The molecule has 0 aromatic heterocycles. The quantitative estimate of drug-likeness (QED) is 0.542. The van der Waals surface area contributed by atoms with E-state index in [0.717, 1.165) is 5.75 Å². The number of rotatable bonds is 1. The van der Waals surface area contributed by atoms with Crippen molar-refractivity contribution in [3.8, 4) is 5.75 Å². The topological polar surface area (TPSA) is 40.7 Å². The Morgan fingerprint density at radius 2 is 1.67 bits per heavy atom. The van der Waals surface area contributed by atoms with Crippen LogP contribution in [0, 0.1) is 0 Å². The van der Waals surface area contributed by atoms with Crippen LogP contribution < -0.4 is 4.52 Å². The maximum absolute atomic E-state index is 4.83. The minimum absolute atomic E-state index is 0. The first-order valence-electron chi connectivity index (χ1n) is 2.35. The van der Waals surface area contributed by atoms with E-state index in [1.165, 1.54) is 0 Å². The largest absolute Gasteiger partial charge is 0.480 e. The zero-order chi connectivity index (χ0) is 5.82. The van der Waals surface area contributed by atoms with Crippen molar-refractivity contribution < 1.29 is 10.00 Å². The first-order chi connectivity index (χ1) is 3.93. The molecule has 0 fully saturated rings. The average molecular weight is 144 g/mol. The van der Waals surface area contributed by atoms with E-state index in [2.05, 4.69) is 9.47 Å². The maximum atomic E-state index is 4.83. The SMILES string of the molecule is O.POc1ccccc1. The number of hydrogen-bond donors (Lipinski definition) is 0. The van der Waals surface area contributed by atoms with E-state index in [0.29, 0.717) is 0 Å². The van der Waals surface area contributed by atoms with Crippen LogP contribution in [0.4, 0.5) is 0 Å². The van der Waals surface area contributed by atoms with Crippen molar-refractivity contribution in [1.29, 1.82) is 0 Å². The first kappa shape index (κ1) is 8.41. The van der Waals surface area contributed by atoms with E-state index >= 15 is 0 Å². The molecule has 0 bridgehead atoms. The zero-order valence-corrected chi connectivity index (χ0v) is 6.03. The molecule has 0 aliphatic heterocycles. The Morgan fingerprint density at radius 3 is 2.00 bits per heavy atom. The van der Waals surface area contributed by atoms with Crippen LogP contribution in [0.15, 0.2) is 30.3 Å². The molecule has 0 aliphatic rings. The van der Waals surface area contributed by atoms with Crippen LogP contribution in [0.25, 0.3) is 0 Å². The molecule has 0 spiro atoms. The monoisotopic (exact) mass is 144 g/mol. The van der Waals surface area contributed by atoms with Gasteiger partial charge in [0.1, 0.15) is 5.75 Å². The third-order valence-corrected chi connectivity index (χ3v) is 1.15. The van der Waals surface area contributed by atoms with E-state index in [1.54, 1.807) is 0 Å². The molecule has 0 amide bonds. The normalized spacial score (nSPS) is 7.67. The van der Waals surface area contributed by atoms with Crippen molar-refractivity contribution >= 4 is 9.47 Å². The van der Waals surface area contributed by atoms with Gasteiger partial charge in [0.25, 0.3) is 0 Å². The third kappa shape index (κ3) is 2.45. The number of benzene rings is 1. The van der Waals surface area contributed by atoms with Gasteiger partial charge in [-0.3, -0.25) is 0 Å². The summed E-state index contributed by atoms with van der Waals surface area (Å²) in [5.41, 5.74) is 0. The molecule has 1 aromatic carbocycles. The second kappa shape index (κ2) is 4.30. The summed E-state index contributed by atoms with van der Waals surface area (Å²) in [6, 6.07) is 9.60. The number of hydrogen-bond acceptors (Lipinski definition) is 1. The van der Waals surface area contributed by atoms with Crippen molar-refractivity contribution in [2.24, 2.45) is 0 Å². The fourth-order valence-corrected chi connectivity index (χ4v) is 0.656. The van der Waals surface area contributed by atoms with E-state index in [1.807, 2.05) is 30.3 Å². The Hall–Kier alpha value is -0.590. The lowest BCUT2D eigenvalue weighted by atomic mass is 10.3. The van der Waals surface area contributed by atoms with Gasteiger partial charge in [-0.1, -0.05) is 18.2 Å². The molecule has 3 heteroatoms. The Labute approximate surface area is 56.4 Å². The molecular formula is C6H9O2P. The summed E-state index contributed by atoms with van der Waals surface area (Å²) in [6.07, 6.45) is 0. The molecule has 0 aliphatic carbocycles. The van der Waals surface area contributed by atoms with Gasteiger partial charge < -0.3 is 10.00 Å². The Balaban J connectivity index is 0.000000640. The van der Waals surface area contributed by atoms with Crippen molar-refractivity contribution in [2.75, 3.05) is 0 Å². The predicted molar refractivity (Wildman–Crippen MR) is 40.4 cm³/mol. The predicted octanol–water partition coefficient (Wildman–Crippen LogP) is 1.03. The standard InChI is InChI=1S/C6H7OP.H2O/c8-7-6-4-2-1-3-5-6;/h1-5H,8H2;1H2. The second-order valence-corrected chi connectivity index (χ2v) is 1.67. The van der Waals surface area contributed by atoms with Crippen molar-refractivity contribution in [3.05, 3.63) is 30.3 Å². The Morgan fingerprint density at radius 1 is 1.11 bits per heavy atom. The lowest BCUT2D eigenvalue weighted by Crippen LogP contribution is -1.68. The second-order valence-electron chi connectivity index (χ2n) is 1.43. The van der Waals surface area contributed by atoms with Crippen LogP contribution in [0.5, 0.6) is 5.75 Å². The van der Waals surface area contributed by atoms with Gasteiger partial charge in [0.15, 0.2) is 0 Å². The molecule has 0 saturated heterocycles. The van der Waals surface area contributed by atoms with Gasteiger partial charge in [0, 0.05) is 0 Å². The summed E-state index contributed by atoms with van der Waals surface area (Å²) in [4.78, 5) is 0. The fraction of sp³-hybridized carbons (Fsp3) is 0. The summed E-state index contributed by atoms with van der Waals surface area (Å²) in [5, 5.41) is 0. The van der Waals surface area contributed by atoms with Crippen LogP contribution in [0.1, 0.15) is 0 Å². The van der Waals surface area contributed by atoms with Crippen molar-refractivity contribution in [3.63, 3.8) is 0 Å². The minimum Gasteiger partial charge on any atom is -0.480 e. The maximum Gasteiger partial charge on any atom is 0.122 e. The van der Waals surface area contributed by atoms with Crippen LogP contribution in [0.2, 0.25) is 0 Å². The molecule has 1 rings (SSSR count). The number of para-hydroxylation sites is 1. The molecular weight excluding hydrogens is 135 g/mol. The van der Waals surface area contributed by atoms with E-state index in [-0.39, 0.29) is 5.48 Å². The summed E-state index contributed by atoms with van der Waals surface area (Å²) in [6.45, 7) is 0. The van der Waals surface area contributed by atoms with E-state index in [9.17, 15) is 0 Å². The minimum atomic E-state index is 0. The highest BCUT2D eigenvalue weighted by Gasteiger charge is 1.80. The Bertz CT molecular complexity index is 152.